The van der Waals surface area contributed by atoms with Gasteiger partial charge in [-0.05, 0) is 49.6 Å². The van der Waals surface area contributed by atoms with Crippen molar-refractivity contribution >= 4 is 21.6 Å². The zero-order chi connectivity index (χ0) is 19.4. The molecule has 1 atom stereocenters. The van der Waals surface area contributed by atoms with Gasteiger partial charge in [0.2, 0.25) is 0 Å². The van der Waals surface area contributed by atoms with Gasteiger partial charge in [0, 0.05) is 25.8 Å². The van der Waals surface area contributed by atoms with Crippen molar-refractivity contribution in [3.63, 3.8) is 0 Å². The number of carbonyl (C=O) groups is 1. The van der Waals surface area contributed by atoms with Crippen molar-refractivity contribution in [1.29, 1.82) is 0 Å². The Morgan fingerprint density at radius 2 is 2.00 bits per heavy atom. The number of nitrogens with zero attached hydrogens (tertiary/aromatic N) is 1. The van der Waals surface area contributed by atoms with E-state index in [9.17, 15) is 13.2 Å². The van der Waals surface area contributed by atoms with Gasteiger partial charge >= 0.3 is 0 Å². The fourth-order valence-electron chi connectivity index (χ4n) is 3.12. The second kappa shape index (κ2) is 8.10. The van der Waals surface area contributed by atoms with E-state index < -0.39 is 10.0 Å². The largest absolute Gasteiger partial charge is 0.376 e. The average Bonchev–Trinajstić information content (AvgIpc) is 3.19. The standard InChI is InChI=1S/C20H24N2O4S/c1-15-7-3-4-11-19(15)22(2)27(24,25)18-10-5-8-16(13-18)20(23)21-14-17-9-6-12-26-17/h3-5,7-8,10-11,13,17H,6,9,12,14H2,1-2H3,(H,21,23)/t17-/m0/s1. The number of anilines is 1. The van der Waals surface area contributed by atoms with Gasteiger partial charge in [-0.15, -0.1) is 0 Å². The van der Waals surface area contributed by atoms with Crippen molar-refractivity contribution in [2.45, 2.75) is 30.8 Å². The summed E-state index contributed by atoms with van der Waals surface area (Å²) in [5.74, 6) is -0.305. The number of hydrogen-bond donors (Lipinski definition) is 1. The molecule has 7 heteroatoms. The molecule has 1 aliphatic heterocycles. The number of aryl methyl sites for hydroxylation is 1. The lowest BCUT2D eigenvalue weighted by Gasteiger charge is -2.21. The Morgan fingerprint density at radius 3 is 2.70 bits per heavy atom. The highest BCUT2D eigenvalue weighted by Gasteiger charge is 2.24. The van der Waals surface area contributed by atoms with Gasteiger partial charge in [-0.3, -0.25) is 9.10 Å². The molecule has 1 heterocycles. The molecule has 1 fully saturated rings. The Hall–Kier alpha value is -2.38. The van der Waals surface area contributed by atoms with Crippen LogP contribution in [0.3, 0.4) is 0 Å². The summed E-state index contributed by atoms with van der Waals surface area (Å²) in [7, 11) is -2.26. The van der Waals surface area contributed by atoms with Crippen LogP contribution in [0.1, 0.15) is 28.8 Å². The maximum Gasteiger partial charge on any atom is 0.264 e. The molecule has 1 N–H and O–H groups in total. The van der Waals surface area contributed by atoms with E-state index in [2.05, 4.69) is 5.32 Å². The number of ether oxygens (including phenoxy) is 1. The van der Waals surface area contributed by atoms with Gasteiger partial charge < -0.3 is 10.1 Å². The molecule has 6 nitrogen and oxygen atoms in total. The number of rotatable bonds is 6. The fraction of sp³-hybridized carbons (Fsp3) is 0.350. The number of para-hydroxylation sites is 1. The second-order valence-electron chi connectivity index (χ2n) is 6.63. The lowest BCUT2D eigenvalue weighted by Crippen LogP contribution is -2.32. The van der Waals surface area contributed by atoms with Crippen LogP contribution in [0.25, 0.3) is 0 Å². The summed E-state index contributed by atoms with van der Waals surface area (Å²) in [6, 6.07) is 13.4. The molecule has 0 aromatic heterocycles. The maximum absolute atomic E-state index is 13.0. The van der Waals surface area contributed by atoms with Crippen LogP contribution in [-0.4, -0.2) is 40.6 Å². The van der Waals surface area contributed by atoms with E-state index in [4.69, 9.17) is 4.74 Å². The van der Waals surface area contributed by atoms with Crippen LogP contribution in [0.5, 0.6) is 0 Å². The van der Waals surface area contributed by atoms with Crippen LogP contribution in [0.2, 0.25) is 0 Å². The number of nitrogens with one attached hydrogen (secondary N) is 1. The Balaban J connectivity index is 1.79. The number of sulfonamides is 1. The summed E-state index contributed by atoms with van der Waals surface area (Å²) in [4.78, 5) is 12.5. The normalized spacial score (nSPS) is 16.9. The molecule has 0 aliphatic carbocycles. The molecule has 1 aliphatic rings. The maximum atomic E-state index is 13.0. The van der Waals surface area contributed by atoms with Crippen molar-refractivity contribution in [3.8, 4) is 0 Å². The molecule has 144 valence electrons. The summed E-state index contributed by atoms with van der Waals surface area (Å²) in [6.07, 6.45) is 1.96. The topological polar surface area (TPSA) is 75.7 Å². The molecule has 2 aromatic rings. The Morgan fingerprint density at radius 1 is 1.22 bits per heavy atom. The van der Waals surface area contributed by atoms with E-state index in [1.54, 1.807) is 24.3 Å². The molecule has 0 bridgehead atoms. The lowest BCUT2D eigenvalue weighted by molar-refractivity contribution is 0.0857. The highest BCUT2D eigenvalue weighted by molar-refractivity contribution is 7.92. The average molecular weight is 388 g/mol. The molecule has 1 saturated heterocycles. The summed E-state index contributed by atoms with van der Waals surface area (Å²) < 4.78 is 32.7. The van der Waals surface area contributed by atoms with Gasteiger partial charge in [-0.1, -0.05) is 24.3 Å². The van der Waals surface area contributed by atoms with Gasteiger partial charge in [0.05, 0.1) is 16.7 Å². The van der Waals surface area contributed by atoms with Crippen LogP contribution in [0.4, 0.5) is 5.69 Å². The summed E-state index contributed by atoms with van der Waals surface area (Å²) in [5, 5.41) is 2.82. The molecule has 0 radical (unpaired) electrons. The third-order valence-corrected chi connectivity index (χ3v) is 6.49. The minimum atomic E-state index is -3.77. The van der Waals surface area contributed by atoms with E-state index >= 15 is 0 Å². The predicted octanol–water partition coefficient (Wildman–Crippen LogP) is 2.73. The highest BCUT2D eigenvalue weighted by atomic mass is 32.2. The van der Waals surface area contributed by atoms with Gasteiger partial charge in [-0.2, -0.15) is 0 Å². The van der Waals surface area contributed by atoms with Crippen molar-refractivity contribution in [2.24, 2.45) is 0 Å². The fourth-order valence-corrected chi connectivity index (χ4v) is 4.42. The summed E-state index contributed by atoms with van der Waals surface area (Å²) >= 11 is 0. The van der Waals surface area contributed by atoms with Gasteiger partial charge in [0.1, 0.15) is 0 Å². The van der Waals surface area contributed by atoms with Gasteiger partial charge in [-0.25, -0.2) is 8.42 Å². The van der Waals surface area contributed by atoms with Gasteiger partial charge in [0.25, 0.3) is 15.9 Å². The molecule has 0 saturated carbocycles. The SMILES string of the molecule is Cc1ccccc1N(C)S(=O)(=O)c1cccc(C(=O)NC[C@@H]2CCCO2)c1. The van der Waals surface area contributed by atoms with Crippen molar-refractivity contribution in [2.75, 3.05) is 24.5 Å². The number of hydrogen-bond acceptors (Lipinski definition) is 4. The third kappa shape index (κ3) is 4.31. The first-order chi connectivity index (χ1) is 12.9. The summed E-state index contributed by atoms with van der Waals surface area (Å²) in [6.45, 7) is 3.01. The van der Waals surface area contributed by atoms with Crippen molar-refractivity contribution in [3.05, 3.63) is 59.7 Å². The Kier molecular flexibility index (Phi) is 5.82. The van der Waals surface area contributed by atoms with Crippen LogP contribution in [-0.2, 0) is 14.8 Å². The van der Waals surface area contributed by atoms with Crippen LogP contribution in [0.15, 0.2) is 53.4 Å². The Bertz CT molecular complexity index is 921. The van der Waals surface area contributed by atoms with Crippen LogP contribution < -0.4 is 9.62 Å². The van der Waals surface area contributed by atoms with E-state index in [-0.39, 0.29) is 16.9 Å². The first kappa shape index (κ1) is 19.4. The van der Waals surface area contributed by atoms with Gasteiger partial charge in [0.15, 0.2) is 0 Å². The Labute approximate surface area is 160 Å². The molecule has 2 aromatic carbocycles. The minimum absolute atomic E-state index is 0.0352. The smallest absolute Gasteiger partial charge is 0.264 e. The monoisotopic (exact) mass is 388 g/mol. The minimum Gasteiger partial charge on any atom is -0.376 e. The van der Waals surface area contributed by atoms with Crippen LogP contribution in [0, 0.1) is 6.92 Å². The molecule has 27 heavy (non-hydrogen) atoms. The third-order valence-electron chi connectivity index (χ3n) is 4.72. The van der Waals surface area contributed by atoms with E-state index in [0.717, 1.165) is 25.0 Å². The first-order valence-corrected chi connectivity index (χ1v) is 10.4. The van der Waals surface area contributed by atoms with E-state index in [1.165, 1.54) is 23.5 Å². The lowest BCUT2D eigenvalue weighted by atomic mass is 10.2. The summed E-state index contributed by atoms with van der Waals surface area (Å²) in [5.41, 5.74) is 1.77. The number of benzene rings is 2. The molecule has 1 amide bonds. The van der Waals surface area contributed by atoms with E-state index in [0.29, 0.717) is 17.8 Å². The van der Waals surface area contributed by atoms with Crippen molar-refractivity contribution < 1.29 is 17.9 Å². The molecule has 3 rings (SSSR count). The quantitative estimate of drug-likeness (QED) is 0.826. The second-order valence-corrected chi connectivity index (χ2v) is 8.60. The van der Waals surface area contributed by atoms with E-state index in [1.807, 2.05) is 19.1 Å². The van der Waals surface area contributed by atoms with Crippen molar-refractivity contribution in [1.82, 2.24) is 5.32 Å². The highest BCUT2D eigenvalue weighted by Crippen LogP contribution is 2.25. The number of amides is 1. The predicted molar refractivity (Wildman–Crippen MR) is 105 cm³/mol. The zero-order valence-electron chi connectivity index (χ0n) is 15.5. The molecule has 0 spiro atoms. The molecular formula is C20H24N2O4S. The first-order valence-electron chi connectivity index (χ1n) is 8.94. The molecular weight excluding hydrogens is 364 g/mol. The zero-order valence-corrected chi connectivity index (χ0v) is 16.3. The number of carbonyl (C=O) groups excluding carboxylic acids is 1. The molecule has 0 unspecified atom stereocenters. The van der Waals surface area contributed by atoms with Crippen LogP contribution >= 0.6 is 0 Å².